The topological polar surface area (TPSA) is 90.5 Å². The molecule has 130 valence electrons. The van der Waals surface area contributed by atoms with E-state index >= 15 is 0 Å². The minimum atomic E-state index is -0.386. The smallest absolute Gasteiger partial charge is 0.319 e. The Bertz CT molecular complexity index is 610. The molecular formula is C17H24N4O3. The molecule has 7 nitrogen and oxygen atoms in total. The number of amides is 4. The molecule has 0 aromatic heterocycles. The summed E-state index contributed by atoms with van der Waals surface area (Å²) in [5.41, 5.74) is 0.729. The van der Waals surface area contributed by atoms with Gasteiger partial charge in [0.15, 0.2) is 0 Å². The number of rotatable bonds is 5. The summed E-state index contributed by atoms with van der Waals surface area (Å²) >= 11 is 0. The van der Waals surface area contributed by atoms with E-state index in [1.165, 1.54) is 0 Å². The van der Waals surface area contributed by atoms with E-state index in [9.17, 15) is 14.4 Å². The Hall–Kier alpha value is -2.57. The molecule has 1 aliphatic heterocycles. The second-order valence-electron chi connectivity index (χ2n) is 6.07. The van der Waals surface area contributed by atoms with Gasteiger partial charge in [0.2, 0.25) is 5.91 Å². The van der Waals surface area contributed by atoms with Crippen LogP contribution < -0.4 is 16.0 Å². The van der Waals surface area contributed by atoms with E-state index in [1.54, 1.807) is 29.2 Å². The Morgan fingerprint density at radius 2 is 1.79 bits per heavy atom. The maximum atomic E-state index is 12.3. The van der Waals surface area contributed by atoms with Crippen LogP contribution in [0.2, 0.25) is 0 Å². The summed E-state index contributed by atoms with van der Waals surface area (Å²) in [7, 11) is 0. The summed E-state index contributed by atoms with van der Waals surface area (Å²) in [5.74, 6) is -0.466. The minimum absolute atomic E-state index is 0.0101. The van der Waals surface area contributed by atoms with Gasteiger partial charge < -0.3 is 20.9 Å². The van der Waals surface area contributed by atoms with Crippen molar-refractivity contribution in [1.82, 2.24) is 15.5 Å². The third-order valence-corrected chi connectivity index (χ3v) is 3.70. The van der Waals surface area contributed by atoms with Gasteiger partial charge in [-0.2, -0.15) is 0 Å². The third kappa shape index (κ3) is 4.97. The average molecular weight is 332 g/mol. The molecule has 0 spiro atoms. The summed E-state index contributed by atoms with van der Waals surface area (Å²) in [6, 6.07) is 6.32. The molecule has 1 saturated heterocycles. The molecule has 0 unspecified atom stereocenters. The SMILES string of the molecule is CC(C)NC(=O)Nc1ccccc1C(=O)NCC(=O)N1CCCC1. The maximum Gasteiger partial charge on any atom is 0.319 e. The van der Waals surface area contributed by atoms with Crippen LogP contribution in [0.5, 0.6) is 0 Å². The van der Waals surface area contributed by atoms with E-state index in [4.69, 9.17) is 0 Å². The second-order valence-corrected chi connectivity index (χ2v) is 6.07. The van der Waals surface area contributed by atoms with Crippen LogP contribution in [0.15, 0.2) is 24.3 Å². The van der Waals surface area contributed by atoms with Crippen LogP contribution >= 0.6 is 0 Å². The van der Waals surface area contributed by atoms with Gasteiger partial charge in [-0.1, -0.05) is 12.1 Å². The van der Waals surface area contributed by atoms with Gasteiger partial charge in [0.05, 0.1) is 17.8 Å². The summed E-state index contributed by atoms with van der Waals surface area (Å²) in [6.45, 7) is 5.17. The number of hydrogen-bond acceptors (Lipinski definition) is 3. The van der Waals surface area contributed by atoms with E-state index < -0.39 is 0 Å². The van der Waals surface area contributed by atoms with Crippen molar-refractivity contribution < 1.29 is 14.4 Å². The first-order valence-electron chi connectivity index (χ1n) is 8.20. The number of likely N-dealkylation sites (tertiary alicyclic amines) is 1. The predicted molar refractivity (Wildman–Crippen MR) is 91.9 cm³/mol. The summed E-state index contributed by atoms with van der Waals surface area (Å²) in [4.78, 5) is 37.9. The monoisotopic (exact) mass is 332 g/mol. The largest absolute Gasteiger partial charge is 0.343 e. The zero-order valence-corrected chi connectivity index (χ0v) is 14.1. The lowest BCUT2D eigenvalue weighted by molar-refractivity contribution is -0.129. The highest BCUT2D eigenvalue weighted by molar-refractivity contribution is 6.04. The quantitative estimate of drug-likeness (QED) is 0.764. The molecule has 0 radical (unpaired) electrons. The molecule has 2 rings (SSSR count). The molecule has 0 atom stereocenters. The van der Waals surface area contributed by atoms with Gasteiger partial charge in [-0.3, -0.25) is 9.59 Å². The second kappa shape index (κ2) is 8.33. The van der Waals surface area contributed by atoms with Gasteiger partial charge in [0.25, 0.3) is 5.91 Å². The number of nitrogens with zero attached hydrogens (tertiary/aromatic N) is 1. The first-order valence-corrected chi connectivity index (χ1v) is 8.20. The molecule has 24 heavy (non-hydrogen) atoms. The Labute approximate surface area is 141 Å². The molecule has 1 aromatic carbocycles. The number of anilines is 1. The van der Waals surface area contributed by atoms with E-state index in [0.717, 1.165) is 25.9 Å². The molecule has 0 bridgehead atoms. The van der Waals surface area contributed by atoms with Crippen LogP contribution in [0.4, 0.5) is 10.5 Å². The first-order chi connectivity index (χ1) is 11.5. The van der Waals surface area contributed by atoms with Gasteiger partial charge in [-0.15, -0.1) is 0 Å². The third-order valence-electron chi connectivity index (χ3n) is 3.70. The van der Waals surface area contributed by atoms with Crippen LogP contribution in [-0.2, 0) is 4.79 Å². The number of carbonyl (C=O) groups excluding carboxylic acids is 3. The van der Waals surface area contributed by atoms with Crippen molar-refractivity contribution in [2.45, 2.75) is 32.7 Å². The lowest BCUT2D eigenvalue weighted by Crippen LogP contribution is -2.39. The predicted octanol–water partition coefficient (Wildman–Crippen LogP) is 1.57. The number of urea groups is 1. The van der Waals surface area contributed by atoms with E-state index in [0.29, 0.717) is 11.3 Å². The van der Waals surface area contributed by atoms with Gasteiger partial charge in [0, 0.05) is 19.1 Å². The Balaban J connectivity index is 1.96. The van der Waals surface area contributed by atoms with Gasteiger partial charge in [-0.05, 0) is 38.8 Å². The molecule has 4 amide bonds. The fourth-order valence-corrected chi connectivity index (χ4v) is 2.54. The summed E-state index contributed by atoms with van der Waals surface area (Å²) in [5, 5.41) is 7.99. The van der Waals surface area contributed by atoms with Crippen molar-refractivity contribution in [3.8, 4) is 0 Å². The van der Waals surface area contributed by atoms with Gasteiger partial charge in [0.1, 0.15) is 0 Å². The molecular weight excluding hydrogens is 308 g/mol. The Morgan fingerprint density at radius 3 is 2.46 bits per heavy atom. The number of benzene rings is 1. The first kappa shape index (κ1) is 17.8. The van der Waals surface area contributed by atoms with Crippen molar-refractivity contribution >= 4 is 23.5 Å². The van der Waals surface area contributed by atoms with Gasteiger partial charge in [-0.25, -0.2) is 4.79 Å². The molecule has 1 fully saturated rings. The van der Waals surface area contributed by atoms with Crippen LogP contribution in [-0.4, -0.2) is 48.4 Å². The molecule has 0 saturated carbocycles. The van der Waals surface area contributed by atoms with E-state index in [-0.39, 0.29) is 30.4 Å². The zero-order chi connectivity index (χ0) is 17.5. The van der Waals surface area contributed by atoms with Crippen LogP contribution in [0.3, 0.4) is 0 Å². The number of nitrogens with one attached hydrogen (secondary N) is 3. The Kier molecular flexibility index (Phi) is 6.17. The van der Waals surface area contributed by atoms with Gasteiger partial charge >= 0.3 is 6.03 Å². The van der Waals surface area contributed by atoms with Crippen molar-refractivity contribution in [2.75, 3.05) is 25.0 Å². The maximum absolute atomic E-state index is 12.3. The number of hydrogen-bond donors (Lipinski definition) is 3. The van der Waals surface area contributed by atoms with E-state index in [2.05, 4.69) is 16.0 Å². The summed E-state index contributed by atoms with van der Waals surface area (Å²) < 4.78 is 0. The molecule has 1 heterocycles. The molecule has 3 N–H and O–H groups in total. The molecule has 0 aliphatic carbocycles. The standard InChI is InChI=1S/C17H24N4O3/c1-12(2)19-17(24)20-14-8-4-3-7-13(14)16(23)18-11-15(22)21-9-5-6-10-21/h3-4,7-8,12H,5-6,9-11H2,1-2H3,(H,18,23)(H2,19,20,24). The molecule has 1 aromatic rings. The lowest BCUT2D eigenvalue weighted by Gasteiger charge is -2.16. The van der Waals surface area contributed by atoms with Crippen molar-refractivity contribution in [1.29, 1.82) is 0 Å². The summed E-state index contributed by atoms with van der Waals surface area (Å²) in [6.07, 6.45) is 2.02. The highest BCUT2D eigenvalue weighted by Gasteiger charge is 2.19. The van der Waals surface area contributed by atoms with Crippen LogP contribution in [0.25, 0.3) is 0 Å². The van der Waals surface area contributed by atoms with E-state index in [1.807, 2.05) is 13.8 Å². The number of para-hydroxylation sites is 1. The van der Waals surface area contributed by atoms with Crippen molar-refractivity contribution in [2.24, 2.45) is 0 Å². The average Bonchev–Trinajstić information content (AvgIpc) is 3.06. The molecule has 1 aliphatic rings. The van der Waals surface area contributed by atoms with Crippen molar-refractivity contribution in [3.63, 3.8) is 0 Å². The van der Waals surface area contributed by atoms with Crippen LogP contribution in [0.1, 0.15) is 37.0 Å². The molecule has 7 heteroatoms. The van der Waals surface area contributed by atoms with Crippen molar-refractivity contribution in [3.05, 3.63) is 29.8 Å². The normalized spacial score (nSPS) is 13.7. The Morgan fingerprint density at radius 1 is 1.12 bits per heavy atom. The fourth-order valence-electron chi connectivity index (χ4n) is 2.54. The lowest BCUT2D eigenvalue weighted by atomic mass is 10.1. The fraction of sp³-hybridized carbons (Fsp3) is 0.471. The minimum Gasteiger partial charge on any atom is -0.343 e. The highest BCUT2D eigenvalue weighted by Crippen LogP contribution is 2.15. The number of carbonyl (C=O) groups is 3. The highest BCUT2D eigenvalue weighted by atomic mass is 16.2. The zero-order valence-electron chi connectivity index (χ0n) is 14.1. The van der Waals surface area contributed by atoms with Crippen LogP contribution in [0, 0.1) is 0 Å².